The molecule has 22 nitrogen and oxygen atoms in total. The second-order valence-corrected chi connectivity index (χ2v) is 14.5. The van der Waals surface area contributed by atoms with Crippen LogP contribution in [-0.2, 0) is 14.3 Å². The predicted molar refractivity (Wildman–Crippen MR) is 195 cm³/mol. The summed E-state index contributed by atoms with van der Waals surface area (Å²) in [5.74, 6) is -2.28. The molecule has 5 heterocycles. The van der Waals surface area contributed by atoms with Gasteiger partial charge in [0.2, 0.25) is 6.41 Å². The van der Waals surface area contributed by atoms with Crippen molar-refractivity contribution in [3.63, 3.8) is 0 Å². The van der Waals surface area contributed by atoms with Crippen LogP contribution in [0.2, 0.25) is 0 Å². The van der Waals surface area contributed by atoms with Gasteiger partial charge in [0.15, 0.2) is 17.6 Å². The van der Waals surface area contributed by atoms with Crippen molar-refractivity contribution >= 4 is 52.0 Å². The van der Waals surface area contributed by atoms with Crippen molar-refractivity contribution in [2.45, 2.75) is 74.6 Å². The van der Waals surface area contributed by atoms with E-state index in [-0.39, 0.29) is 45.0 Å². The zero-order valence-electron chi connectivity index (χ0n) is 30.4. The van der Waals surface area contributed by atoms with E-state index in [4.69, 9.17) is 9.47 Å². The van der Waals surface area contributed by atoms with Gasteiger partial charge in [-0.25, -0.2) is 4.98 Å². The number of rotatable bonds is 15. The fourth-order valence-electron chi connectivity index (χ4n) is 6.29. The Hall–Kier alpha value is -4.37. The molecule has 56 heavy (non-hydrogen) atoms. The molecule has 2 saturated heterocycles. The number of aromatic nitrogens is 3. The normalized spacial score (nSPS) is 27.9. The fraction of sp³-hybridized carbons (Fsp3) is 0.545. The largest absolute Gasteiger partial charge is 0.394 e. The highest BCUT2D eigenvalue weighted by Crippen LogP contribution is 2.34. The van der Waals surface area contributed by atoms with Gasteiger partial charge in [0.05, 0.1) is 30.3 Å². The average Bonchev–Trinajstić information content (AvgIpc) is 3.88. The van der Waals surface area contributed by atoms with Gasteiger partial charge in [-0.05, 0) is 46.1 Å². The van der Waals surface area contributed by atoms with Crippen LogP contribution in [0.3, 0.4) is 0 Å². The molecule has 23 heteroatoms. The first-order valence-electron chi connectivity index (χ1n) is 17.4. The Morgan fingerprint density at radius 1 is 0.804 bits per heavy atom. The van der Waals surface area contributed by atoms with Crippen LogP contribution in [0.5, 0.6) is 0 Å². The van der Waals surface area contributed by atoms with Crippen molar-refractivity contribution in [1.29, 1.82) is 0 Å². The molecule has 0 bridgehead atoms. The minimum absolute atomic E-state index is 0.0218. The van der Waals surface area contributed by atoms with Gasteiger partial charge in [0.25, 0.3) is 17.7 Å². The number of ether oxygens (including phenoxy) is 2. The van der Waals surface area contributed by atoms with Gasteiger partial charge in [-0.1, -0.05) is 11.3 Å². The zero-order chi connectivity index (χ0) is 41.0. The molecule has 0 aromatic carbocycles. The van der Waals surface area contributed by atoms with Crippen molar-refractivity contribution in [1.82, 2.24) is 24.3 Å². The predicted octanol–water partition coefficient (Wildman–Crippen LogP) is -3.25. The van der Waals surface area contributed by atoms with Crippen LogP contribution in [0.1, 0.15) is 55.2 Å². The number of hydrogen-bond donors (Lipinski definition) is 12. The molecule has 308 valence electrons. The van der Waals surface area contributed by atoms with Crippen molar-refractivity contribution in [3.05, 3.63) is 46.5 Å². The summed E-state index contributed by atoms with van der Waals surface area (Å²) in [6.07, 6.45) is -13.2. The average molecular weight is 811 g/mol. The SMILES string of the molecule is Cc1nc(NC=O)sc1C(=O)Nc1cc(C(=O)Nc2cc(C(=O)NCCCN(C)C)n([C@H]3O[C@H](CO)[C@@H](O)[C@H](O)[C@H]3O)c2)n([C@H]2O[C@H](CO)[C@@H](O)[C@H](O)[C@H]2O)c1. The zero-order valence-corrected chi connectivity index (χ0v) is 31.2. The van der Waals surface area contributed by atoms with Gasteiger partial charge >= 0.3 is 0 Å². The van der Waals surface area contributed by atoms with E-state index >= 15 is 0 Å². The number of aliphatic hydroxyl groups excluding tert-OH is 8. The third-order valence-electron chi connectivity index (χ3n) is 9.21. The van der Waals surface area contributed by atoms with Crippen LogP contribution in [-0.4, -0.2) is 173 Å². The third-order valence-corrected chi connectivity index (χ3v) is 10.3. The van der Waals surface area contributed by atoms with Gasteiger partial charge in [-0.3, -0.25) is 19.2 Å². The van der Waals surface area contributed by atoms with Crippen molar-refractivity contribution in [2.24, 2.45) is 0 Å². The smallest absolute Gasteiger partial charge is 0.272 e. The van der Waals surface area contributed by atoms with Gasteiger partial charge in [0, 0.05) is 18.9 Å². The molecule has 5 rings (SSSR count). The Morgan fingerprint density at radius 3 is 1.79 bits per heavy atom. The van der Waals surface area contributed by atoms with Gasteiger partial charge in [-0.2, -0.15) is 0 Å². The quantitative estimate of drug-likeness (QED) is 0.0530. The Bertz CT molecular complexity index is 1860. The third kappa shape index (κ3) is 9.09. The Balaban J connectivity index is 1.50. The highest BCUT2D eigenvalue weighted by molar-refractivity contribution is 7.17. The standard InChI is InChI=1S/C33H46N8O14S/c1-14-27(56-33(36-14)35-13-44)30(53)38-16-8-18(41(10-16)32-26(50)24(48)22(46)20(12-43)55-32)29(52)37-15-7-17(28(51)34-5-4-6-39(2)3)40(9-15)31-25(49)23(47)21(45)19(11-42)54-31/h7-10,13,19-26,31-32,42-43,45-50H,4-6,11-12H2,1-3H3,(H,34,51)(H,37,52)(H,38,53)(H,35,36,44)/t19-,20-,21-,22-,23+,24+,25-,26-,31+,32+/m1/s1. The topological polar surface area (TPSA) is 323 Å². The first-order chi connectivity index (χ1) is 26.6. The second kappa shape index (κ2) is 18.3. The van der Waals surface area contributed by atoms with Crippen molar-refractivity contribution in [2.75, 3.05) is 56.3 Å². The Labute approximate surface area is 322 Å². The van der Waals surface area contributed by atoms with E-state index in [1.807, 2.05) is 19.0 Å². The number of nitrogens with zero attached hydrogens (tertiary/aromatic N) is 4. The number of hydrogen-bond acceptors (Lipinski definition) is 17. The molecule has 0 aliphatic carbocycles. The Kier molecular flexibility index (Phi) is 13.9. The summed E-state index contributed by atoms with van der Waals surface area (Å²) in [7, 11) is 3.72. The monoisotopic (exact) mass is 810 g/mol. The molecule has 0 saturated carbocycles. The van der Waals surface area contributed by atoms with Crippen LogP contribution < -0.4 is 21.3 Å². The number of anilines is 3. The van der Waals surface area contributed by atoms with Crippen LogP contribution >= 0.6 is 11.3 Å². The van der Waals surface area contributed by atoms with Crippen LogP contribution in [0.15, 0.2) is 24.5 Å². The van der Waals surface area contributed by atoms with E-state index in [0.717, 1.165) is 20.5 Å². The maximum Gasteiger partial charge on any atom is 0.272 e. The number of carbonyl (C=O) groups is 4. The summed E-state index contributed by atoms with van der Waals surface area (Å²) in [6, 6.07) is 2.44. The number of thiazole rings is 1. The number of aliphatic hydroxyl groups is 8. The van der Waals surface area contributed by atoms with Crippen LogP contribution in [0, 0.1) is 6.92 Å². The molecule has 3 aromatic heterocycles. The van der Waals surface area contributed by atoms with E-state index in [1.54, 1.807) is 0 Å². The highest BCUT2D eigenvalue weighted by atomic mass is 32.1. The van der Waals surface area contributed by atoms with E-state index in [1.165, 1.54) is 31.5 Å². The number of aryl methyl sites for hydroxylation is 1. The molecule has 0 radical (unpaired) electrons. The molecule has 3 aromatic rings. The molecule has 12 N–H and O–H groups in total. The lowest BCUT2D eigenvalue weighted by Crippen LogP contribution is -2.56. The molecule has 0 unspecified atom stereocenters. The summed E-state index contributed by atoms with van der Waals surface area (Å²) in [6.45, 7) is 0.893. The lowest BCUT2D eigenvalue weighted by molar-refractivity contribution is -0.251. The van der Waals surface area contributed by atoms with Gasteiger partial charge < -0.3 is 85.6 Å². The summed E-state index contributed by atoms with van der Waals surface area (Å²) in [5.41, 5.74) is -0.261. The summed E-state index contributed by atoms with van der Waals surface area (Å²) in [5, 5.41) is 93.7. The van der Waals surface area contributed by atoms with E-state index in [9.17, 15) is 60.0 Å². The van der Waals surface area contributed by atoms with Crippen molar-refractivity contribution in [3.8, 4) is 0 Å². The van der Waals surface area contributed by atoms with E-state index < -0.39 is 92.2 Å². The molecular formula is C33H46N8O14S. The van der Waals surface area contributed by atoms with E-state index in [2.05, 4.69) is 26.3 Å². The number of nitrogens with one attached hydrogen (secondary N) is 4. The first kappa shape index (κ1) is 42.8. The molecular weight excluding hydrogens is 764 g/mol. The van der Waals surface area contributed by atoms with Gasteiger partial charge in [-0.15, -0.1) is 0 Å². The number of carbonyl (C=O) groups excluding carboxylic acids is 4. The van der Waals surface area contributed by atoms with Crippen LogP contribution in [0.25, 0.3) is 0 Å². The van der Waals surface area contributed by atoms with E-state index in [0.29, 0.717) is 19.4 Å². The molecule has 2 aliphatic rings. The summed E-state index contributed by atoms with van der Waals surface area (Å²) in [4.78, 5) is 57.9. The molecule has 4 amide bonds. The highest BCUT2D eigenvalue weighted by Gasteiger charge is 2.46. The Morgan fingerprint density at radius 2 is 1.30 bits per heavy atom. The summed E-state index contributed by atoms with van der Waals surface area (Å²) >= 11 is 0.876. The minimum Gasteiger partial charge on any atom is -0.394 e. The fourth-order valence-corrected chi connectivity index (χ4v) is 7.11. The lowest BCUT2D eigenvalue weighted by atomic mass is 9.98. The first-order valence-corrected chi connectivity index (χ1v) is 18.2. The lowest BCUT2D eigenvalue weighted by Gasteiger charge is -2.41. The van der Waals surface area contributed by atoms with Crippen LogP contribution in [0.4, 0.5) is 16.5 Å². The van der Waals surface area contributed by atoms with Crippen molar-refractivity contribution < 1.29 is 69.5 Å². The maximum absolute atomic E-state index is 14.1. The number of amides is 4. The molecule has 10 atom stereocenters. The molecule has 0 spiro atoms. The maximum atomic E-state index is 14.1. The molecule has 2 aliphatic heterocycles. The summed E-state index contributed by atoms with van der Waals surface area (Å²) < 4.78 is 13.6. The minimum atomic E-state index is -1.86. The van der Waals surface area contributed by atoms with Gasteiger partial charge in [0.1, 0.15) is 65.1 Å². The molecule has 2 fully saturated rings. The second-order valence-electron chi connectivity index (χ2n) is 13.5.